The molecular weight excluding hydrogens is 227 g/mol. The maximum absolute atomic E-state index is 11.1. The van der Waals surface area contributed by atoms with Crippen LogP contribution < -0.4 is 0 Å². The van der Waals surface area contributed by atoms with E-state index in [1.165, 1.54) is 0 Å². The van der Waals surface area contributed by atoms with Gasteiger partial charge in [0.15, 0.2) is 7.85 Å². The first kappa shape index (κ1) is 17.7. The summed E-state index contributed by atoms with van der Waals surface area (Å²) >= 11 is 0. The first-order chi connectivity index (χ1) is 7.83. The highest BCUT2D eigenvalue weighted by molar-refractivity contribution is 6.57. The fraction of sp³-hybridized carbons (Fsp3) is 0.929. The lowest BCUT2D eigenvalue weighted by atomic mass is 9.90. The van der Waals surface area contributed by atoms with Crippen LogP contribution in [0.1, 0.15) is 61.3 Å². The Bertz CT molecular complexity index is 277. The SMILES string of the molecule is BC(=O)CC(C)(C)OCCC(C)(C)OC(C)(C)C. The van der Waals surface area contributed by atoms with Gasteiger partial charge < -0.3 is 14.3 Å². The molecule has 0 amide bonds. The second kappa shape index (κ2) is 6.20. The lowest BCUT2D eigenvalue weighted by Crippen LogP contribution is -2.37. The minimum absolute atomic E-state index is 0.154. The predicted octanol–water partition coefficient (Wildman–Crippen LogP) is 2.32. The molecule has 0 saturated heterocycles. The predicted molar refractivity (Wildman–Crippen MR) is 77.7 cm³/mol. The van der Waals surface area contributed by atoms with Crippen molar-refractivity contribution in [2.75, 3.05) is 6.61 Å². The first-order valence-electron chi connectivity index (χ1n) is 6.67. The molecule has 0 saturated carbocycles. The van der Waals surface area contributed by atoms with Crippen LogP contribution in [-0.4, -0.2) is 36.9 Å². The molecule has 0 N–H and O–H groups in total. The third-order valence-electron chi connectivity index (χ3n) is 2.45. The monoisotopic (exact) mass is 256 g/mol. The highest BCUT2D eigenvalue weighted by Crippen LogP contribution is 2.24. The number of ether oxygens (including phenoxy) is 2. The van der Waals surface area contributed by atoms with Crippen LogP contribution in [0.25, 0.3) is 0 Å². The number of hydrogen-bond acceptors (Lipinski definition) is 3. The zero-order valence-electron chi connectivity index (χ0n) is 13.3. The van der Waals surface area contributed by atoms with E-state index in [-0.39, 0.29) is 22.5 Å². The number of rotatable bonds is 7. The lowest BCUT2D eigenvalue weighted by Gasteiger charge is -2.35. The van der Waals surface area contributed by atoms with Gasteiger partial charge in [0.05, 0.1) is 29.1 Å². The molecule has 0 spiro atoms. The highest BCUT2D eigenvalue weighted by Gasteiger charge is 2.27. The van der Waals surface area contributed by atoms with Gasteiger partial charge in [0.2, 0.25) is 0 Å². The minimum Gasteiger partial charge on any atom is -0.375 e. The van der Waals surface area contributed by atoms with Crippen LogP contribution in [0, 0.1) is 0 Å². The molecule has 0 aliphatic heterocycles. The van der Waals surface area contributed by atoms with E-state index in [9.17, 15) is 4.79 Å². The van der Waals surface area contributed by atoms with E-state index >= 15 is 0 Å². The fourth-order valence-electron chi connectivity index (χ4n) is 2.10. The molecule has 106 valence electrons. The molecule has 0 aromatic rings. The summed E-state index contributed by atoms with van der Waals surface area (Å²) in [7, 11) is 1.60. The van der Waals surface area contributed by atoms with Crippen molar-refractivity contribution < 1.29 is 14.3 Å². The van der Waals surface area contributed by atoms with Gasteiger partial charge in [-0.15, -0.1) is 0 Å². The van der Waals surface area contributed by atoms with E-state index < -0.39 is 0 Å². The standard InChI is InChI=1S/C14H29BO3/c1-12(2,3)18-13(4,5)8-9-17-14(6,7)10-11(15)16/h8-10,15H2,1-7H3. The molecule has 0 aliphatic carbocycles. The highest BCUT2D eigenvalue weighted by atomic mass is 16.5. The van der Waals surface area contributed by atoms with Gasteiger partial charge in [-0.1, -0.05) is 0 Å². The summed E-state index contributed by atoms with van der Waals surface area (Å²) in [5.41, 5.74) is -0.600. The second-order valence-electron chi connectivity index (χ2n) is 7.21. The van der Waals surface area contributed by atoms with Gasteiger partial charge >= 0.3 is 0 Å². The van der Waals surface area contributed by atoms with Crippen LogP contribution in [0.15, 0.2) is 0 Å². The maximum Gasteiger partial charge on any atom is 0.187 e. The van der Waals surface area contributed by atoms with Crippen molar-refractivity contribution >= 4 is 13.5 Å². The summed E-state index contributed by atoms with van der Waals surface area (Å²) in [5.74, 6) is 0. The van der Waals surface area contributed by atoms with Crippen LogP contribution in [-0.2, 0) is 14.3 Å². The van der Waals surface area contributed by atoms with Crippen molar-refractivity contribution in [3.63, 3.8) is 0 Å². The Morgan fingerprint density at radius 2 is 1.50 bits per heavy atom. The Labute approximate surface area is 113 Å². The van der Waals surface area contributed by atoms with Crippen LogP contribution in [0.3, 0.4) is 0 Å². The lowest BCUT2D eigenvalue weighted by molar-refractivity contribution is -0.134. The van der Waals surface area contributed by atoms with Gasteiger partial charge in [-0.2, -0.15) is 0 Å². The third-order valence-corrected chi connectivity index (χ3v) is 2.45. The van der Waals surface area contributed by atoms with Crippen molar-refractivity contribution in [2.24, 2.45) is 0 Å². The van der Waals surface area contributed by atoms with E-state index in [1.807, 2.05) is 13.8 Å². The average Bonchev–Trinajstić information content (AvgIpc) is 1.93. The Morgan fingerprint density at radius 1 is 1.00 bits per heavy atom. The van der Waals surface area contributed by atoms with Gasteiger partial charge in [-0.25, -0.2) is 0 Å². The van der Waals surface area contributed by atoms with Crippen LogP contribution in [0.5, 0.6) is 0 Å². The summed E-state index contributed by atoms with van der Waals surface area (Å²) in [6.07, 6.45) is 1.26. The molecule has 0 unspecified atom stereocenters. The zero-order valence-corrected chi connectivity index (χ0v) is 13.3. The Balaban J connectivity index is 4.14. The molecule has 0 aromatic carbocycles. The van der Waals surface area contributed by atoms with E-state index in [4.69, 9.17) is 9.47 Å². The van der Waals surface area contributed by atoms with E-state index in [0.717, 1.165) is 6.42 Å². The van der Waals surface area contributed by atoms with E-state index in [2.05, 4.69) is 34.6 Å². The zero-order chi connectivity index (χ0) is 14.6. The van der Waals surface area contributed by atoms with Crippen LogP contribution in [0.2, 0.25) is 0 Å². The van der Waals surface area contributed by atoms with E-state index in [0.29, 0.717) is 13.0 Å². The number of hydrogen-bond donors (Lipinski definition) is 0. The van der Waals surface area contributed by atoms with Crippen molar-refractivity contribution in [3.05, 3.63) is 0 Å². The molecule has 0 aromatic heterocycles. The molecule has 0 atom stereocenters. The third kappa shape index (κ3) is 9.66. The largest absolute Gasteiger partial charge is 0.375 e. The topological polar surface area (TPSA) is 35.5 Å². The Hall–Kier alpha value is -0.345. The van der Waals surface area contributed by atoms with Crippen molar-refractivity contribution in [2.45, 2.75) is 78.1 Å². The molecule has 0 aliphatic rings. The number of carbonyl (C=O) groups is 1. The van der Waals surface area contributed by atoms with Crippen LogP contribution >= 0.6 is 0 Å². The molecule has 4 heteroatoms. The Morgan fingerprint density at radius 3 is 1.89 bits per heavy atom. The normalized spacial score (nSPS) is 13.7. The quantitative estimate of drug-likeness (QED) is 0.656. The minimum atomic E-state index is -0.385. The maximum atomic E-state index is 11.1. The summed E-state index contributed by atoms with van der Waals surface area (Å²) in [6, 6.07) is 0. The number of carbonyl (C=O) groups excluding carboxylic acids is 1. The molecule has 0 rings (SSSR count). The van der Waals surface area contributed by atoms with Gasteiger partial charge in [-0.05, 0) is 54.9 Å². The van der Waals surface area contributed by atoms with Gasteiger partial charge in [0.25, 0.3) is 0 Å². The molecule has 0 heterocycles. The van der Waals surface area contributed by atoms with Gasteiger partial charge in [-0.3, -0.25) is 0 Å². The molecular formula is C14H29BO3. The summed E-state index contributed by atoms with van der Waals surface area (Å²) in [5, 5.41) is 0. The van der Waals surface area contributed by atoms with Crippen molar-refractivity contribution in [1.29, 1.82) is 0 Å². The van der Waals surface area contributed by atoms with Crippen LogP contribution in [0.4, 0.5) is 0 Å². The molecule has 18 heavy (non-hydrogen) atoms. The van der Waals surface area contributed by atoms with Crippen molar-refractivity contribution in [1.82, 2.24) is 0 Å². The second-order valence-corrected chi connectivity index (χ2v) is 7.21. The first-order valence-corrected chi connectivity index (χ1v) is 6.67. The summed E-state index contributed by atoms with van der Waals surface area (Å²) < 4.78 is 11.8. The van der Waals surface area contributed by atoms with Crippen molar-refractivity contribution in [3.8, 4) is 0 Å². The Kier molecular flexibility index (Phi) is 6.08. The van der Waals surface area contributed by atoms with Gasteiger partial charge in [0, 0.05) is 6.42 Å². The molecule has 3 nitrogen and oxygen atoms in total. The molecule has 0 radical (unpaired) electrons. The summed E-state index contributed by atoms with van der Waals surface area (Å²) in [6.45, 7) is 14.8. The smallest absolute Gasteiger partial charge is 0.187 e. The van der Waals surface area contributed by atoms with Gasteiger partial charge in [0.1, 0.15) is 0 Å². The van der Waals surface area contributed by atoms with E-state index in [1.54, 1.807) is 7.85 Å². The average molecular weight is 256 g/mol. The summed E-state index contributed by atoms with van der Waals surface area (Å²) in [4.78, 5) is 11.1. The molecule has 0 fully saturated rings. The fourth-order valence-corrected chi connectivity index (χ4v) is 2.10. The molecule has 0 bridgehead atoms.